The molecule has 0 saturated carbocycles. The highest BCUT2D eigenvalue weighted by Gasteiger charge is 2.36. The summed E-state index contributed by atoms with van der Waals surface area (Å²) in [6, 6.07) is 5.07. The van der Waals surface area contributed by atoms with Gasteiger partial charge < -0.3 is 14.6 Å². The van der Waals surface area contributed by atoms with Gasteiger partial charge in [-0.3, -0.25) is 0 Å². The lowest BCUT2D eigenvalue weighted by molar-refractivity contribution is -0.151. The Kier molecular flexibility index (Phi) is 3.77. The third-order valence-corrected chi connectivity index (χ3v) is 2.73. The van der Waals surface area contributed by atoms with Gasteiger partial charge in [-0.05, 0) is 11.6 Å². The van der Waals surface area contributed by atoms with E-state index in [1.165, 1.54) is 18.2 Å². The Balaban J connectivity index is 2.11. The monoisotopic (exact) mass is 276 g/mol. The number of halogens is 3. The van der Waals surface area contributed by atoms with Gasteiger partial charge in [-0.15, -0.1) is 0 Å². The fraction of sp³-hybridized carbons (Fsp3) is 0.417. The van der Waals surface area contributed by atoms with Crippen LogP contribution in [0.15, 0.2) is 24.3 Å². The summed E-state index contributed by atoms with van der Waals surface area (Å²) in [6.07, 6.45) is -6.69. The number of alkyl halides is 3. The molecule has 19 heavy (non-hydrogen) atoms. The highest BCUT2D eigenvalue weighted by molar-refractivity contribution is 5.72. The minimum atomic E-state index is -4.46. The molecule has 1 aliphatic heterocycles. The van der Waals surface area contributed by atoms with E-state index in [1.807, 2.05) is 0 Å². The second kappa shape index (κ2) is 5.18. The van der Waals surface area contributed by atoms with Crippen LogP contribution in [-0.4, -0.2) is 30.1 Å². The van der Waals surface area contributed by atoms with Crippen molar-refractivity contribution in [2.45, 2.75) is 25.0 Å². The van der Waals surface area contributed by atoms with Crippen molar-refractivity contribution in [1.82, 2.24) is 0 Å². The molecule has 2 rings (SSSR count). The van der Waals surface area contributed by atoms with Crippen LogP contribution in [0.5, 0.6) is 0 Å². The van der Waals surface area contributed by atoms with Crippen molar-refractivity contribution >= 4 is 5.97 Å². The first-order valence-electron chi connectivity index (χ1n) is 5.53. The van der Waals surface area contributed by atoms with Crippen LogP contribution in [0.25, 0.3) is 0 Å². The van der Waals surface area contributed by atoms with E-state index in [2.05, 4.69) is 0 Å². The largest absolute Gasteiger partial charge is 0.479 e. The van der Waals surface area contributed by atoms with Gasteiger partial charge in [0, 0.05) is 6.42 Å². The standard InChI is InChI=1S/C12H11F3O4/c13-12(14,15)8-4-2-1-3-7(8)5-10-18-6-9(19-10)11(16)17/h1-4,9-10H,5-6H2,(H,16,17). The van der Waals surface area contributed by atoms with Crippen LogP contribution >= 0.6 is 0 Å². The molecule has 1 aromatic rings. The van der Waals surface area contributed by atoms with Gasteiger partial charge in [0.15, 0.2) is 12.4 Å². The minimum absolute atomic E-state index is 0.0195. The highest BCUT2D eigenvalue weighted by Crippen LogP contribution is 2.33. The predicted octanol–water partition coefficient (Wildman–Crippen LogP) is 2.07. The number of carboxylic acid groups (broad SMARTS) is 1. The molecule has 1 saturated heterocycles. The molecular formula is C12H11F3O4. The first-order valence-corrected chi connectivity index (χ1v) is 5.53. The van der Waals surface area contributed by atoms with Gasteiger partial charge in [-0.25, -0.2) is 4.79 Å². The fourth-order valence-corrected chi connectivity index (χ4v) is 1.85. The van der Waals surface area contributed by atoms with Crippen LogP contribution in [0.3, 0.4) is 0 Å². The van der Waals surface area contributed by atoms with Gasteiger partial charge in [0.1, 0.15) is 0 Å². The molecule has 0 amide bonds. The number of carboxylic acids is 1. The van der Waals surface area contributed by atoms with Gasteiger partial charge in [-0.1, -0.05) is 18.2 Å². The molecule has 0 radical (unpaired) electrons. The highest BCUT2D eigenvalue weighted by atomic mass is 19.4. The number of carbonyl (C=O) groups is 1. The quantitative estimate of drug-likeness (QED) is 0.918. The van der Waals surface area contributed by atoms with Gasteiger partial charge in [-0.2, -0.15) is 13.2 Å². The Morgan fingerprint density at radius 1 is 1.37 bits per heavy atom. The predicted molar refractivity (Wildman–Crippen MR) is 57.4 cm³/mol. The zero-order valence-electron chi connectivity index (χ0n) is 9.68. The average molecular weight is 276 g/mol. The number of aliphatic carboxylic acids is 1. The number of hydrogen-bond acceptors (Lipinski definition) is 3. The molecule has 2 atom stereocenters. The number of rotatable bonds is 3. The van der Waals surface area contributed by atoms with E-state index in [-0.39, 0.29) is 18.6 Å². The summed E-state index contributed by atoms with van der Waals surface area (Å²) in [5.41, 5.74) is -0.744. The van der Waals surface area contributed by atoms with Gasteiger partial charge in [0.25, 0.3) is 0 Å². The summed E-state index contributed by atoms with van der Waals surface area (Å²) in [6.45, 7) is -0.159. The minimum Gasteiger partial charge on any atom is -0.479 e. The molecule has 1 heterocycles. The molecule has 0 aromatic heterocycles. The van der Waals surface area contributed by atoms with Crippen LogP contribution in [0.2, 0.25) is 0 Å². The number of benzene rings is 1. The summed E-state index contributed by atoms with van der Waals surface area (Å²) >= 11 is 0. The average Bonchev–Trinajstić information content (AvgIpc) is 2.77. The lowest BCUT2D eigenvalue weighted by Gasteiger charge is -2.15. The van der Waals surface area contributed by atoms with Crippen LogP contribution in [0.4, 0.5) is 13.2 Å². The number of ether oxygens (including phenoxy) is 2. The first-order chi connectivity index (χ1) is 8.88. The van der Waals surface area contributed by atoms with E-state index in [4.69, 9.17) is 14.6 Å². The van der Waals surface area contributed by atoms with E-state index in [9.17, 15) is 18.0 Å². The molecule has 1 aliphatic rings. The van der Waals surface area contributed by atoms with Gasteiger partial charge >= 0.3 is 12.1 Å². The Hall–Kier alpha value is -1.60. The van der Waals surface area contributed by atoms with Crippen LogP contribution in [-0.2, 0) is 26.9 Å². The molecular weight excluding hydrogens is 265 g/mol. The zero-order valence-corrected chi connectivity index (χ0v) is 9.68. The molecule has 104 valence electrons. The lowest BCUT2D eigenvalue weighted by Crippen LogP contribution is -2.23. The Morgan fingerprint density at radius 2 is 2.05 bits per heavy atom. The van der Waals surface area contributed by atoms with Crippen LogP contribution in [0.1, 0.15) is 11.1 Å². The van der Waals surface area contributed by atoms with Gasteiger partial charge in [0.2, 0.25) is 0 Å². The maximum Gasteiger partial charge on any atom is 0.416 e. The van der Waals surface area contributed by atoms with Crippen molar-refractivity contribution in [1.29, 1.82) is 0 Å². The molecule has 0 spiro atoms. The van der Waals surface area contributed by atoms with Crippen molar-refractivity contribution in [3.05, 3.63) is 35.4 Å². The van der Waals surface area contributed by atoms with Crippen molar-refractivity contribution in [2.24, 2.45) is 0 Å². The molecule has 0 aliphatic carbocycles. The van der Waals surface area contributed by atoms with Crippen molar-refractivity contribution in [3.8, 4) is 0 Å². The summed E-state index contributed by atoms with van der Waals surface area (Å²) in [4.78, 5) is 10.6. The molecule has 4 nitrogen and oxygen atoms in total. The summed E-state index contributed by atoms with van der Waals surface area (Å²) in [7, 11) is 0. The Morgan fingerprint density at radius 3 is 2.63 bits per heavy atom. The third kappa shape index (κ3) is 3.24. The Labute approximate surface area is 106 Å². The maximum absolute atomic E-state index is 12.8. The van der Waals surface area contributed by atoms with E-state index in [0.717, 1.165) is 6.07 Å². The van der Waals surface area contributed by atoms with E-state index in [0.29, 0.717) is 0 Å². The third-order valence-electron chi connectivity index (χ3n) is 2.73. The van der Waals surface area contributed by atoms with Crippen molar-refractivity contribution in [2.75, 3.05) is 6.61 Å². The Bertz CT molecular complexity index is 472. The fourth-order valence-electron chi connectivity index (χ4n) is 1.85. The molecule has 1 fully saturated rings. The molecule has 7 heteroatoms. The van der Waals surface area contributed by atoms with E-state index >= 15 is 0 Å². The van der Waals surface area contributed by atoms with Crippen LogP contribution < -0.4 is 0 Å². The van der Waals surface area contributed by atoms with Crippen molar-refractivity contribution < 1.29 is 32.5 Å². The molecule has 2 unspecified atom stereocenters. The SMILES string of the molecule is O=C(O)C1COC(Cc2ccccc2C(F)(F)F)O1. The first kappa shape index (κ1) is 13.8. The van der Waals surface area contributed by atoms with Crippen LogP contribution in [0, 0.1) is 0 Å². The topological polar surface area (TPSA) is 55.8 Å². The van der Waals surface area contributed by atoms with Crippen molar-refractivity contribution in [3.63, 3.8) is 0 Å². The smallest absolute Gasteiger partial charge is 0.416 e. The molecule has 1 N–H and O–H groups in total. The normalized spacial score (nSPS) is 23.5. The molecule has 0 bridgehead atoms. The van der Waals surface area contributed by atoms with E-state index < -0.39 is 30.1 Å². The summed E-state index contributed by atoms with van der Waals surface area (Å²) in [5, 5.41) is 8.70. The van der Waals surface area contributed by atoms with E-state index in [1.54, 1.807) is 0 Å². The molecule has 1 aromatic carbocycles. The lowest BCUT2D eigenvalue weighted by atomic mass is 10.0. The number of hydrogen-bond donors (Lipinski definition) is 1. The second-order valence-corrected chi connectivity index (χ2v) is 4.08. The summed E-state index contributed by atoms with van der Waals surface area (Å²) < 4.78 is 48.3. The summed E-state index contributed by atoms with van der Waals surface area (Å²) in [5.74, 6) is -1.19. The zero-order chi connectivity index (χ0) is 14.0. The maximum atomic E-state index is 12.8. The second-order valence-electron chi connectivity index (χ2n) is 4.08. The van der Waals surface area contributed by atoms with Gasteiger partial charge in [0.05, 0.1) is 12.2 Å².